The molecule has 9 heteroatoms. The smallest absolute Gasteiger partial charge is 0.232 e. The summed E-state index contributed by atoms with van der Waals surface area (Å²) in [5.74, 6) is 0.926. The van der Waals surface area contributed by atoms with Gasteiger partial charge in [0.05, 0.1) is 5.69 Å². The average Bonchev–Trinajstić information content (AvgIpc) is 3.43. The number of rotatable bonds is 5. The molecule has 148 valence electrons. The molecule has 0 radical (unpaired) electrons. The minimum Gasteiger partial charge on any atom is -0.316 e. The lowest BCUT2D eigenvalue weighted by Gasteiger charge is -2.14. The van der Waals surface area contributed by atoms with Crippen molar-refractivity contribution in [1.82, 2.24) is 29.8 Å². The highest BCUT2D eigenvalue weighted by Crippen LogP contribution is 2.29. The number of aromatic nitrogens is 5. The molecule has 8 nitrogen and oxygen atoms in total. The predicted molar refractivity (Wildman–Crippen MR) is 115 cm³/mol. The molecule has 4 aromatic heterocycles. The van der Waals surface area contributed by atoms with Crippen LogP contribution in [0.2, 0.25) is 0 Å². The molecule has 0 saturated carbocycles. The summed E-state index contributed by atoms with van der Waals surface area (Å²) in [6.07, 6.45) is 7.62. The Bertz CT molecular complexity index is 1220. The van der Waals surface area contributed by atoms with Gasteiger partial charge in [0.15, 0.2) is 5.13 Å². The van der Waals surface area contributed by atoms with Crippen molar-refractivity contribution in [2.75, 3.05) is 18.4 Å². The Kier molecular flexibility index (Phi) is 5.01. The van der Waals surface area contributed by atoms with Crippen LogP contribution >= 0.6 is 11.3 Å². The van der Waals surface area contributed by atoms with Crippen molar-refractivity contribution in [3.05, 3.63) is 54.2 Å². The van der Waals surface area contributed by atoms with Gasteiger partial charge in [-0.3, -0.25) is 4.90 Å². The molecular formula is C21H18N8S. The van der Waals surface area contributed by atoms with Crippen molar-refractivity contribution in [2.45, 2.75) is 19.4 Å². The zero-order valence-electron chi connectivity index (χ0n) is 16.1. The molecule has 0 unspecified atom stereocenters. The number of nitrogens with zero attached hydrogens (tertiary/aromatic N) is 7. The minimum atomic E-state index is 0.142. The standard InChI is InChI=1S/C21H18N8S/c22-10-19-24-11-15(12-25-19)16-3-4-17-20(26-16)30-21(27-17)28-18-9-14(5-6-23-18)13-29-7-1-2-8-29/h3-6,9,11-12H,1-2,7-8,13H2,(H,23,27,28). The molecule has 1 fully saturated rings. The molecule has 5 heterocycles. The van der Waals surface area contributed by atoms with E-state index in [-0.39, 0.29) is 5.82 Å². The fraction of sp³-hybridized carbons (Fsp3) is 0.238. The van der Waals surface area contributed by atoms with Crippen LogP contribution in [0, 0.1) is 11.3 Å². The van der Waals surface area contributed by atoms with Crippen LogP contribution in [0.15, 0.2) is 42.9 Å². The van der Waals surface area contributed by atoms with Gasteiger partial charge in [-0.05, 0) is 55.8 Å². The zero-order valence-corrected chi connectivity index (χ0v) is 16.9. The van der Waals surface area contributed by atoms with Crippen LogP contribution in [-0.4, -0.2) is 42.9 Å². The Balaban J connectivity index is 1.35. The third-order valence-corrected chi connectivity index (χ3v) is 5.85. The van der Waals surface area contributed by atoms with Gasteiger partial charge in [-0.15, -0.1) is 0 Å². The van der Waals surface area contributed by atoms with Crippen LogP contribution in [0.3, 0.4) is 0 Å². The van der Waals surface area contributed by atoms with E-state index >= 15 is 0 Å². The molecule has 0 spiro atoms. The van der Waals surface area contributed by atoms with E-state index in [1.54, 1.807) is 12.4 Å². The molecule has 4 aromatic rings. The maximum atomic E-state index is 8.84. The predicted octanol–water partition coefficient (Wildman–Crippen LogP) is 3.75. The van der Waals surface area contributed by atoms with Crippen molar-refractivity contribution in [3.63, 3.8) is 0 Å². The lowest BCUT2D eigenvalue weighted by Crippen LogP contribution is -2.18. The Morgan fingerprint density at radius 1 is 1.07 bits per heavy atom. The third kappa shape index (κ3) is 3.96. The molecule has 0 atom stereocenters. The first kappa shape index (κ1) is 18.5. The molecule has 1 N–H and O–H groups in total. The number of anilines is 2. The normalized spacial score (nSPS) is 14.1. The molecule has 0 bridgehead atoms. The van der Waals surface area contributed by atoms with E-state index < -0.39 is 0 Å². The Morgan fingerprint density at radius 3 is 2.70 bits per heavy atom. The van der Waals surface area contributed by atoms with E-state index in [0.29, 0.717) is 0 Å². The lowest BCUT2D eigenvalue weighted by atomic mass is 10.2. The monoisotopic (exact) mass is 414 g/mol. The number of hydrogen-bond donors (Lipinski definition) is 1. The van der Waals surface area contributed by atoms with Gasteiger partial charge in [-0.1, -0.05) is 11.3 Å². The highest BCUT2D eigenvalue weighted by Gasteiger charge is 2.13. The number of pyridine rings is 2. The second-order valence-electron chi connectivity index (χ2n) is 7.10. The Morgan fingerprint density at radius 2 is 1.90 bits per heavy atom. The van der Waals surface area contributed by atoms with Crippen LogP contribution in [0.4, 0.5) is 10.9 Å². The van der Waals surface area contributed by atoms with Gasteiger partial charge in [0.25, 0.3) is 0 Å². The highest BCUT2D eigenvalue weighted by molar-refractivity contribution is 7.21. The van der Waals surface area contributed by atoms with Crippen molar-refractivity contribution < 1.29 is 0 Å². The van der Waals surface area contributed by atoms with Gasteiger partial charge in [-0.2, -0.15) is 5.26 Å². The first-order chi connectivity index (χ1) is 14.8. The summed E-state index contributed by atoms with van der Waals surface area (Å²) in [7, 11) is 0. The molecular weight excluding hydrogens is 396 g/mol. The van der Waals surface area contributed by atoms with E-state index in [1.165, 1.54) is 42.8 Å². The molecule has 0 amide bonds. The fourth-order valence-corrected chi connectivity index (χ4v) is 4.34. The van der Waals surface area contributed by atoms with Crippen LogP contribution in [-0.2, 0) is 6.54 Å². The van der Waals surface area contributed by atoms with Gasteiger partial charge in [-0.25, -0.2) is 24.9 Å². The topological polar surface area (TPSA) is 104 Å². The van der Waals surface area contributed by atoms with Crippen LogP contribution < -0.4 is 5.32 Å². The van der Waals surface area contributed by atoms with Gasteiger partial charge in [0.1, 0.15) is 22.2 Å². The largest absolute Gasteiger partial charge is 0.316 e. The molecule has 1 aliphatic heterocycles. The molecule has 1 aliphatic rings. The summed E-state index contributed by atoms with van der Waals surface area (Å²) in [4.78, 5) is 25.0. The lowest BCUT2D eigenvalue weighted by molar-refractivity contribution is 0.331. The molecule has 30 heavy (non-hydrogen) atoms. The third-order valence-electron chi connectivity index (χ3n) is 4.97. The maximum Gasteiger partial charge on any atom is 0.232 e. The number of likely N-dealkylation sites (tertiary alicyclic amines) is 1. The molecule has 1 saturated heterocycles. The Hall–Kier alpha value is -3.48. The SMILES string of the molecule is N#Cc1ncc(-c2ccc3nc(Nc4cc(CN5CCCC5)ccn4)sc3n2)cn1. The van der Waals surface area contributed by atoms with Crippen molar-refractivity contribution >= 4 is 32.6 Å². The summed E-state index contributed by atoms with van der Waals surface area (Å²) >= 11 is 1.47. The number of hydrogen-bond acceptors (Lipinski definition) is 9. The van der Waals surface area contributed by atoms with Crippen molar-refractivity contribution in [3.8, 4) is 17.3 Å². The van der Waals surface area contributed by atoms with Gasteiger partial charge in [0, 0.05) is 30.7 Å². The number of nitriles is 1. The fourth-order valence-electron chi connectivity index (χ4n) is 3.50. The van der Waals surface area contributed by atoms with Crippen LogP contribution in [0.1, 0.15) is 24.2 Å². The number of thiazole rings is 1. The summed E-state index contributed by atoms with van der Waals surface area (Å²) in [5, 5.41) is 12.9. The molecule has 0 aromatic carbocycles. The van der Waals surface area contributed by atoms with Gasteiger partial charge < -0.3 is 5.32 Å². The van der Waals surface area contributed by atoms with Crippen LogP contribution in [0.25, 0.3) is 21.6 Å². The second-order valence-corrected chi connectivity index (χ2v) is 8.08. The highest BCUT2D eigenvalue weighted by atomic mass is 32.1. The summed E-state index contributed by atoms with van der Waals surface area (Å²) in [6.45, 7) is 3.29. The zero-order chi connectivity index (χ0) is 20.3. The van der Waals surface area contributed by atoms with Gasteiger partial charge in [0.2, 0.25) is 5.82 Å². The second kappa shape index (κ2) is 8.10. The van der Waals surface area contributed by atoms with Crippen molar-refractivity contribution in [1.29, 1.82) is 5.26 Å². The van der Waals surface area contributed by atoms with E-state index in [9.17, 15) is 0 Å². The minimum absolute atomic E-state index is 0.142. The summed E-state index contributed by atoms with van der Waals surface area (Å²) < 4.78 is 0. The van der Waals surface area contributed by atoms with Crippen molar-refractivity contribution in [2.24, 2.45) is 0 Å². The van der Waals surface area contributed by atoms with E-state index in [4.69, 9.17) is 5.26 Å². The number of nitrogens with one attached hydrogen (secondary N) is 1. The quantitative estimate of drug-likeness (QED) is 0.526. The van der Waals surface area contributed by atoms with Gasteiger partial charge >= 0.3 is 0 Å². The summed E-state index contributed by atoms with van der Waals surface area (Å²) in [5.41, 5.74) is 3.56. The van der Waals surface area contributed by atoms with E-state index in [2.05, 4.69) is 47.3 Å². The first-order valence-corrected chi connectivity index (χ1v) is 10.5. The molecule has 0 aliphatic carbocycles. The maximum absolute atomic E-state index is 8.84. The Labute approximate surface area is 177 Å². The van der Waals surface area contributed by atoms with Crippen LogP contribution in [0.5, 0.6) is 0 Å². The van der Waals surface area contributed by atoms with E-state index in [0.717, 1.165) is 39.1 Å². The van der Waals surface area contributed by atoms with E-state index in [1.807, 2.05) is 24.4 Å². The molecule has 5 rings (SSSR count). The first-order valence-electron chi connectivity index (χ1n) is 9.71. The number of fused-ring (bicyclic) bond motifs is 1. The average molecular weight is 414 g/mol. The summed E-state index contributed by atoms with van der Waals surface area (Å²) in [6, 6.07) is 9.87.